The van der Waals surface area contributed by atoms with E-state index in [1.54, 1.807) is 12.1 Å². The van der Waals surface area contributed by atoms with E-state index in [0.717, 1.165) is 16.5 Å². The first kappa shape index (κ1) is 18.1. The Morgan fingerprint density at radius 1 is 1.17 bits per heavy atom. The number of halogens is 2. The number of nitrogens with one attached hydrogen (secondary N) is 2. The van der Waals surface area contributed by atoms with Crippen LogP contribution in [0.4, 0.5) is 5.69 Å². The summed E-state index contributed by atoms with van der Waals surface area (Å²) in [6.45, 7) is 0.610. The molecule has 122 valence electrons. The molecule has 6 heteroatoms. The molecule has 0 unspecified atom stereocenters. The van der Waals surface area contributed by atoms with Crippen LogP contribution in [0.2, 0.25) is 5.02 Å². The number of nitrogens with zero attached hydrogens (tertiary/aromatic N) is 1. The molecule has 2 N–H and O–H groups in total. The molecular weight excluding hydrogens is 390 g/mol. The minimum absolute atomic E-state index is 0.0222. The third-order valence-corrected chi connectivity index (χ3v) is 3.97. The Hall–Kier alpha value is -2.29. The lowest BCUT2D eigenvalue weighted by Crippen LogP contribution is -2.17. The van der Waals surface area contributed by atoms with Crippen molar-refractivity contribution in [1.82, 2.24) is 5.32 Å². The predicted molar refractivity (Wildman–Crippen MR) is 99.6 cm³/mol. The van der Waals surface area contributed by atoms with Crippen LogP contribution in [-0.4, -0.2) is 12.5 Å². The molecule has 2 aromatic rings. The average Bonchev–Trinajstić information content (AvgIpc) is 2.58. The molecule has 0 bridgehead atoms. The van der Waals surface area contributed by atoms with E-state index in [1.165, 1.54) is 6.20 Å². The van der Waals surface area contributed by atoms with Crippen LogP contribution in [0, 0.1) is 11.3 Å². The van der Waals surface area contributed by atoms with Crippen LogP contribution >= 0.6 is 27.5 Å². The number of carbonyl (C=O) groups excluding carboxylic acids is 1. The zero-order valence-electron chi connectivity index (χ0n) is 12.7. The highest BCUT2D eigenvalue weighted by Gasteiger charge is 2.08. The van der Waals surface area contributed by atoms with Crippen LogP contribution in [0.5, 0.6) is 0 Å². The molecule has 0 atom stereocenters. The summed E-state index contributed by atoms with van der Waals surface area (Å²) in [6.07, 6.45) is 2.20. The van der Waals surface area contributed by atoms with E-state index in [9.17, 15) is 4.79 Å². The van der Waals surface area contributed by atoms with Gasteiger partial charge in [-0.25, -0.2) is 0 Å². The second kappa shape index (κ2) is 9.11. The Labute approximate surface area is 154 Å². The minimum atomic E-state index is -0.446. The van der Waals surface area contributed by atoms with Crippen molar-refractivity contribution < 1.29 is 4.79 Å². The molecular formula is C18H15BrClN3O. The summed E-state index contributed by atoms with van der Waals surface area (Å²) in [5.41, 5.74) is 1.78. The van der Waals surface area contributed by atoms with E-state index in [4.69, 9.17) is 16.9 Å². The van der Waals surface area contributed by atoms with Gasteiger partial charge in [-0.05, 0) is 48.4 Å². The van der Waals surface area contributed by atoms with Crippen LogP contribution in [0.1, 0.15) is 5.56 Å². The van der Waals surface area contributed by atoms with E-state index in [0.29, 0.717) is 17.3 Å². The van der Waals surface area contributed by atoms with Crippen molar-refractivity contribution in [3.05, 3.63) is 75.4 Å². The molecule has 0 aliphatic rings. The Kier molecular flexibility index (Phi) is 6.86. The predicted octanol–water partition coefficient (Wildman–Crippen LogP) is 4.28. The Morgan fingerprint density at radius 3 is 2.46 bits per heavy atom. The van der Waals surface area contributed by atoms with Crippen LogP contribution in [-0.2, 0) is 11.2 Å². The van der Waals surface area contributed by atoms with Crippen LogP contribution in [0.15, 0.2) is 64.8 Å². The standard InChI is InChI=1S/C18H15BrClN3O/c19-15-3-7-17(8-4-15)23-18(24)14(11-21)12-22-10-9-13-1-5-16(20)6-2-13/h1-8,12,22H,9-10H2,(H,23,24)/b14-12-. The van der Waals surface area contributed by atoms with Crippen LogP contribution < -0.4 is 10.6 Å². The largest absolute Gasteiger partial charge is 0.389 e. The van der Waals surface area contributed by atoms with Crippen LogP contribution in [0.25, 0.3) is 0 Å². The zero-order chi connectivity index (χ0) is 17.4. The van der Waals surface area contributed by atoms with Gasteiger partial charge in [0.15, 0.2) is 0 Å². The topological polar surface area (TPSA) is 64.9 Å². The first-order chi connectivity index (χ1) is 11.6. The van der Waals surface area contributed by atoms with Crippen molar-refractivity contribution in [2.45, 2.75) is 6.42 Å². The van der Waals surface area contributed by atoms with Crippen molar-refractivity contribution in [3.8, 4) is 6.07 Å². The van der Waals surface area contributed by atoms with Gasteiger partial charge in [-0.2, -0.15) is 5.26 Å². The molecule has 0 spiro atoms. The fraction of sp³-hybridized carbons (Fsp3) is 0.111. The van der Waals surface area contributed by atoms with Crippen LogP contribution in [0.3, 0.4) is 0 Å². The second-order valence-electron chi connectivity index (χ2n) is 4.96. The quantitative estimate of drug-likeness (QED) is 0.429. The van der Waals surface area contributed by atoms with Gasteiger partial charge in [-0.15, -0.1) is 0 Å². The Bertz CT molecular complexity index is 764. The molecule has 0 saturated carbocycles. The summed E-state index contributed by atoms with van der Waals surface area (Å²) in [4.78, 5) is 12.1. The molecule has 0 aliphatic carbocycles. The summed E-state index contributed by atoms with van der Waals surface area (Å²) in [7, 11) is 0. The number of amides is 1. The highest BCUT2D eigenvalue weighted by Crippen LogP contribution is 2.14. The van der Waals surface area contributed by atoms with Gasteiger partial charge in [-0.3, -0.25) is 4.79 Å². The highest BCUT2D eigenvalue weighted by molar-refractivity contribution is 9.10. The SMILES string of the molecule is N#C/C(=C/NCCc1ccc(Cl)cc1)C(=O)Nc1ccc(Br)cc1. The maximum Gasteiger partial charge on any atom is 0.267 e. The minimum Gasteiger partial charge on any atom is -0.389 e. The first-order valence-corrected chi connectivity index (χ1v) is 8.40. The van der Waals surface area contributed by atoms with E-state index in [2.05, 4.69) is 26.6 Å². The molecule has 2 aromatic carbocycles. The lowest BCUT2D eigenvalue weighted by molar-refractivity contribution is -0.112. The Morgan fingerprint density at radius 2 is 1.83 bits per heavy atom. The number of anilines is 1. The van der Waals surface area contributed by atoms with Crippen molar-refractivity contribution in [3.63, 3.8) is 0 Å². The summed E-state index contributed by atoms with van der Waals surface area (Å²) in [5, 5.41) is 15.5. The number of hydrogen-bond acceptors (Lipinski definition) is 3. The van der Waals surface area contributed by atoms with Gasteiger partial charge in [-0.1, -0.05) is 39.7 Å². The lowest BCUT2D eigenvalue weighted by Gasteiger charge is -2.05. The Balaban J connectivity index is 1.86. The van der Waals surface area contributed by atoms with E-state index < -0.39 is 5.91 Å². The monoisotopic (exact) mass is 403 g/mol. The van der Waals surface area contributed by atoms with Gasteiger partial charge in [0.05, 0.1) is 0 Å². The summed E-state index contributed by atoms with van der Waals surface area (Å²) in [5.74, 6) is -0.446. The number of nitriles is 1. The first-order valence-electron chi connectivity index (χ1n) is 7.23. The number of rotatable bonds is 6. The van der Waals surface area contributed by atoms with Gasteiger partial charge < -0.3 is 10.6 Å². The molecule has 0 aromatic heterocycles. The molecule has 0 saturated heterocycles. The molecule has 2 rings (SSSR count). The second-order valence-corrected chi connectivity index (χ2v) is 6.31. The van der Waals surface area contributed by atoms with Crippen molar-refractivity contribution >= 4 is 39.1 Å². The molecule has 0 fully saturated rings. The van der Waals surface area contributed by atoms with E-state index in [-0.39, 0.29) is 5.57 Å². The van der Waals surface area contributed by atoms with Gasteiger partial charge in [0.25, 0.3) is 5.91 Å². The smallest absolute Gasteiger partial charge is 0.267 e. The maximum absolute atomic E-state index is 12.1. The highest BCUT2D eigenvalue weighted by atomic mass is 79.9. The molecule has 24 heavy (non-hydrogen) atoms. The number of benzene rings is 2. The number of hydrogen-bond donors (Lipinski definition) is 2. The third kappa shape index (κ3) is 5.73. The summed E-state index contributed by atoms with van der Waals surface area (Å²) < 4.78 is 0.917. The van der Waals surface area contributed by atoms with Gasteiger partial charge in [0.2, 0.25) is 0 Å². The van der Waals surface area contributed by atoms with Gasteiger partial charge >= 0.3 is 0 Å². The average molecular weight is 405 g/mol. The van der Waals surface area contributed by atoms with Crippen molar-refractivity contribution in [2.24, 2.45) is 0 Å². The summed E-state index contributed by atoms with van der Waals surface area (Å²) >= 11 is 9.16. The lowest BCUT2D eigenvalue weighted by atomic mass is 10.1. The normalized spacial score (nSPS) is 10.8. The molecule has 4 nitrogen and oxygen atoms in total. The van der Waals surface area contributed by atoms with Crippen molar-refractivity contribution in [1.29, 1.82) is 5.26 Å². The fourth-order valence-electron chi connectivity index (χ4n) is 1.92. The van der Waals surface area contributed by atoms with E-state index in [1.807, 2.05) is 42.5 Å². The fourth-order valence-corrected chi connectivity index (χ4v) is 2.31. The molecule has 0 heterocycles. The summed E-state index contributed by atoms with van der Waals surface area (Å²) in [6, 6.07) is 16.6. The third-order valence-electron chi connectivity index (χ3n) is 3.18. The van der Waals surface area contributed by atoms with Gasteiger partial charge in [0.1, 0.15) is 11.6 Å². The zero-order valence-corrected chi connectivity index (χ0v) is 15.1. The van der Waals surface area contributed by atoms with Crippen molar-refractivity contribution in [2.75, 3.05) is 11.9 Å². The van der Waals surface area contributed by atoms with Gasteiger partial charge in [0, 0.05) is 27.9 Å². The number of carbonyl (C=O) groups is 1. The maximum atomic E-state index is 12.1. The molecule has 0 aliphatic heterocycles. The van der Waals surface area contributed by atoms with E-state index >= 15 is 0 Å². The molecule has 1 amide bonds. The molecule has 0 radical (unpaired) electrons.